The first-order valence-electron chi connectivity index (χ1n) is 5.57. The number of allylic oxidation sites excluding steroid dienone is 1. The van der Waals surface area contributed by atoms with Crippen molar-refractivity contribution >= 4 is 16.0 Å². The van der Waals surface area contributed by atoms with Crippen LogP contribution >= 0.6 is 0 Å². The Labute approximate surface area is 101 Å². The van der Waals surface area contributed by atoms with Gasteiger partial charge in [-0.2, -0.15) is 8.42 Å². The van der Waals surface area contributed by atoms with Gasteiger partial charge in [0.05, 0.1) is 11.7 Å². The number of hydrogen-bond acceptors (Lipinski definition) is 2. The maximum Gasteiger partial charge on any atom is 0.360 e. The first-order chi connectivity index (χ1) is 8.09. The molecular weight excluding hydrogens is 238 g/mol. The average Bonchev–Trinajstić information content (AvgIpc) is 2.30. The second kappa shape index (κ2) is 4.89. The molecule has 1 aromatic carbocycles. The van der Waals surface area contributed by atoms with E-state index in [1.807, 2.05) is 18.2 Å². The normalized spacial score (nSPS) is 20.2. The SMILES string of the molecule is O=S(=O)(O)N(c1ccccc1)C1C=CCCC1. The standard InChI is InChI=1S/C12H15NO3S/c14-17(15,16)13(11-7-3-1-4-8-11)12-9-5-2-6-10-12/h1,3-5,7-9,12H,2,6,10H2,(H,14,15,16). The molecule has 1 aliphatic carbocycles. The summed E-state index contributed by atoms with van der Waals surface area (Å²) in [4.78, 5) is 0. The van der Waals surface area contributed by atoms with Gasteiger partial charge in [-0.1, -0.05) is 30.4 Å². The molecule has 1 aromatic rings. The lowest BCUT2D eigenvalue weighted by Gasteiger charge is -2.29. The largest absolute Gasteiger partial charge is 0.360 e. The van der Waals surface area contributed by atoms with Crippen molar-refractivity contribution in [2.45, 2.75) is 25.3 Å². The summed E-state index contributed by atoms with van der Waals surface area (Å²) >= 11 is 0. The molecule has 0 spiro atoms. The lowest BCUT2D eigenvalue weighted by atomic mass is 10.0. The van der Waals surface area contributed by atoms with Gasteiger partial charge < -0.3 is 0 Å². The number of rotatable bonds is 3. The number of benzene rings is 1. The topological polar surface area (TPSA) is 57.6 Å². The first kappa shape index (κ1) is 12.1. The molecular formula is C12H15NO3S. The molecule has 1 N–H and O–H groups in total. The zero-order valence-corrected chi connectivity index (χ0v) is 10.2. The maximum atomic E-state index is 11.5. The molecule has 1 atom stereocenters. The lowest BCUT2D eigenvalue weighted by molar-refractivity contribution is 0.469. The Bertz CT molecular complexity index is 496. The fourth-order valence-electron chi connectivity index (χ4n) is 2.06. The van der Waals surface area contributed by atoms with Gasteiger partial charge in [0.25, 0.3) is 0 Å². The zero-order chi connectivity index (χ0) is 12.3. The Morgan fingerprint density at radius 1 is 1.24 bits per heavy atom. The van der Waals surface area contributed by atoms with Gasteiger partial charge in [0.15, 0.2) is 0 Å². The Hall–Kier alpha value is -1.33. The highest BCUT2D eigenvalue weighted by Crippen LogP contribution is 2.25. The fraction of sp³-hybridized carbons (Fsp3) is 0.333. The van der Waals surface area contributed by atoms with Crippen LogP contribution in [0.3, 0.4) is 0 Å². The molecule has 0 heterocycles. The second-order valence-electron chi connectivity index (χ2n) is 4.04. The summed E-state index contributed by atoms with van der Waals surface area (Å²) in [7, 11) is -4.24. The summed E-state index contributed by atoms with van der Waals surface area (Å²) in [5, 5.41) is 0. The molecule has 1 unspecified atom stereocenters. The highest BCUT2D eigenvalue weighted by molar-refractivity contribution is 7.87. The molecule has 0 bridgehead atoms. The number of nitrogens with zero attached hydrogens (tertiary/aromatic N) is 1. The van der Waals surface area contributed by atoms with E-state index in [0.717, 1.165) is 23.6 Å². The monoisotopic (exact) mass is 253 g/mol. The molecule has 0 amide bonds. The molecule has 1 aliphatic rings. The molecule has 5 heteroatoms. The third kappa shape index (κ3) is 2.87. The van der Waals surface area contributed by atoms with Gasteiger partial charge >= 0.3 is 10.3 Å². The maximum absolute atomic E-state index is 11.5. The molecule has 4 nitrogen and oxygen atoms in total. The van der Waals surface area contributed by atoms with E-state index in [1.165, 1.54) is 0 Å². The number of hydrogen-bond donors (Lipinski definition) is 1. The lowest BCUT2D eigenvalue weighted by Crippen LogP contribution is -2.39. The van der Waals surface area contributed by atoms with Gasteiger partial charge in [0.1, 0.15) is 0 Å². The summed E-state index contributed by atoms with van der Waals surface area (Å²) in [5.41, 5.74) is 0.492. The Balaban J connectivity index is 2.39. The summed E-state index contributed by atoms with van der Waals surface area (Å²) in [6.07, 6.45) is 6.41. The predicted molar refractivity (Wildman–Crippen MR) is 67.2 cm³/mol. The quantitative estimate of drug-likeness (QED) is 0.664. The van der Waals surface area contributed by atoms with Crippen molar-refractivity contribution in [2.75, 3.05) is 4.31 Å². The minimum absolute atomic E-state index is 0.291. The van der Waals surface area contributed by atoms with Crippen LogP contribution in [-0.2, 0) is 10.3 Å². The summed E-state index contributed by atoms with van der Waals surface area (Å²) in [6.45, 7) is 0. The van der Waals surface area contributed by atoms with Crippen molar-refractivity contribution in [3.63, 3.8) is 0 Å². The summed E-state index contributed by atoms with van der Waals surface area (Å²) < 4.78 is 33.4. The van der Waals surface area contributed by atoms with Gasteiger partial charge in [-0.05, 0) is 31.4 Å². The Morgan fingerprint density at radius 3 is 2.47 bits per heavy atom. The van der Waals surface area contributed by atoms with Crippen LogP contribution in [0.1, 0.15) is 19.3 Å². The summed E-state index contributed by atoms with van der Waals surface area (Å²) in [5.74, 6) is 0. The van der Waals surface area contributed by atoms with E-state index < -0.39 is 10.3 Å². The number of anilines is 1. The third-order valence-electron chi connectivity index (χ3n) is 2.79. The van der Waals surface area contributed by atoms with Crippen LogP contribution in [0.2, 0.25) is 0 Å². The van der Waals surface area contributed by atoms with E-state index in [2.05, 4.69) is 0 Å². The van der Waals surface area contributed by atoms with Crippen molar-refractivity contribution in [3.8, 4) is 0 Å². The van der Waals surface area contributed by atoms with Crippen LogP contribution < -0.4 is 4.31 Å². The van der Waals surface area contributed by atoms with Crippen molar-refractivity contribution in [3.05, 3.63) is 42.5 Å². The van der Waals surface area contributed by atoms with Gasteiger partial charge in [-0.3, -0.25) is 4.55 Å². The zero-order valence-electron chi connectivity index (χ0n) is 9.36. The van der Waals surface area contributed by atoms with E-state index in [1.54, 1.807) is 24.3 Å². The van der Waals surface area contributed by atoms with Crippen LogP contribution in [0, 0.1) is 0 Å². The molecule has 0 saturated carbocycles. The third-order valence-corrected chi connectivity index (χ3v) is 3.77. The van der Waals surface area contributed by atoms with Gasteiger partial charge in [-0.15, -0.1) is 0 Å². The smallest absolute Gasteiger partial charge is 0.269 e. The van der Waals surface area contributed by atoms with E-state index in [4.69, 9.17) is 0 Å². The van der Waals surface area contributed by atoms with Gasteiger partial charge in [-0.25, -0.2) is 4.31 Å². The second-order valence-corrected chi connectivity index (χ2v) is 5.32. The van der Waals surface area contributed by atoms with Crippen molar-refractivity contribution in [1.29, 1.82) is 0 Å². The molecule has 0 saturated heterocycles. The van der Waals surface area contributed by atoms with E-state index in [0.29, 0.717) is 5.69 Å². The highest BCUT2D eigenvalue weighted by atomic mass is 32.2. The number of para-hydroxylation sites is 1. The van der Waals surface area contributed by atoms with Crippen LogP contribution in [0.25, 0.3) is 0 Å². The highest BCUT2D eigenvalue weighted by Gasteiger charge is 2.27. The van der Waals surface area contributed by atoms with Crippen molar-refractivity contribution < 1.29 is 13.0 Å². The minimum atomic E-state index is -4.24. The summed E-state index contributed by atoms with van der Waals surface area (Å²) in [6, 6.07) is 8.37. The Kier molecular flexibility index (Phi) is 3.49. The Morgan fingerprint density at radius 2 is 1.94 bits per heavy atom. The predicted octanol–water partition coefficient (Wildman–Crippen LogP) is 2.40. The molecule has 0 fully saturated rings. The van der Waals surface area contributed by atoms with Crippen molar-refractivity contribution in [1.82, 2.24) is 0 Å². The first-order valence-corrected chi connectivity index (χ1v) is 6.97. The van der Waals surface area contributed by atoms with Crippen LogP contribution in [0.15, 0.2) is 42.5 Å². The van der Waals surface area contributed by atoms with Crippen LogP contribution in [0.5, 0.6) is 0 Å². The average molecular weight is 253 g/mol. The molecule has 0 radical (unpaired) electrons. The molecule has 92 valence electrons. The van der Waals surface area contributed by atoms with Gasteiger partial charge in [0, 0.05) is 0 Å². The van der Waals surface area contributed by atoms with Crippen LogP contribution in [-0.4, -0.2) is 19.0 Å². The van der Waals surface area contributed by atoms with Crippen LogP contribution in [0.4, 0.5) is 5.69 Å². The molecule has 0 aromatic heterocycles. The molecule has 2 rings (SSSR count). The van der Waals surface area contributed by atoms with E-state index in [9.17, 15) is 13.0 Å². The van der Waals surface area contributed by atoms with Crippen molar-refractivity contribution in [2.24, 2.45) is 0 Å². The molecule has 0 aliphatic heterocycles. The van der Waals surface area contributed by atoms with E-state index in [-0.39, 0.29) is 6.04 Å². The fourth-order valence-corrected chi connectivity index (χ4v) is 2.97. The molecule has 17 heavy (non-hydrogen) atoms. The van der Waals surface area contributed by atoms with Gasteiger partial charge in [0.2, 0.25) is 0 Å². The van der Waals surface area contributed by atoms with E-state index >= 15 is 0 Å². The minimum Gasteiger partial charge on any atom is -0.269 e.